The van der Waals surface area contributed by atoms with Crippen LogP contribution in [0.15, 0.2) is 11.2 Å². The normalized spacial score (nSPS) is 17.5. The van der Waals surface area contributed by atoms with Crippen molar-refractivity contribution in [1.29, 1.82) is 0 Å². The van der Waals surface area contributed by atoms with Crippen molar-refractivity contribution in [2.75, 3.05) is 26.2 Å². The Bertz CT molecular complexity index is 810. The molecule has 1 N–H and O–H groups in total. The van der Waals surface area contributed by atoms with Crippen LogP contribution in [0, 0.1) is 27.7 Å². The minimum absolute atomic E-state index is 0.0335. The van der Waals surface area contributed by atoms with Crippen LogP contribution < -0.4 is 5.43 Å². The molecular weight excluding hydrogens is 344 g/mol. The molecule has 0 unspecified atom stereocenters. The predicted molar refractivity (Wildman–Crippen MR) is 103 cm³/mol. The minimum Gasteiger partial charge on any atom is -0.335 e. The topological polar surface area (TPSA) is 82.1 Å². The zero-order valence-corrected chi connectivity index (χ0v) is 16.4. The van der Waals surface area contributed by atoms with Crippen molar-refractivity contribution < 1.29 is 14.4 Å². The van der Waals surface area contributed by atoms with Gasteiger partial charge in [-0.15, -0.1) is 0 Å². The molecule has 0 atom stereocenters. The smallest absolute Gasteiger partial charge is 0.270 e. The van der Waals surface area contributed by atoms with Crippen molar-refractivity contribution in [3.63, 3.8) is 0 Å². The molecule has 3 rings (SSSR count). The fraction of sp³-hybridized carbons (Fsp3) is 0.500. The van der Waals surface area contributed by atoms with E-state index in [1.165, 1.54) is 0 Å². The summed E-state index contributed by atoms with van der Waals surface area (Å²) in [6.07, 6.45) is 0.652. The standard InChI is InChI=1S/C20H26N4O3/c1-12-11-13(2)15(4)18(14(12)3)20(27)24-9-7-23(8-10-24)19(26)16-5-6-17(25)22-21-16/h11H,5-10H2,1-4H3,(H,22,25). The van der Waals surface area contributed by atoms with E-state index in [4.69, 9.17) is 0 Å². The number of rotatable bonds is 2. The molecule has 27 heavy (non-hydrogen) atoms. The fourth-order valence-corrected chi connectivity index (χ4v) is 3.62. The van der Waals surface area contributed by atoms with Gasteiger partial charge in [0.2, 0.25) is 5.91 Å². The van der Waals surface area contributed by atoms with E-state index in [0.29, 0.717) is 38.3 Å². The van der Waals surface area contributed by atoms with Gasteiger partial charge in [0.05, 0.1) is 0 Å². The molecule has 144 valence electrons. The summed E-state index contributed by atoms with van der Waals surface area (Å²) >= 11 is 0. The van der Waals surface area contributed by atoms with E-state index in [-0.39, 0.29) is 24.1 Å². The van der Waals surface area contributed by atoms with E-state index in [1.807, 2.05) is 32.6 Å². The van der Waals surface area contributed by atoms with Gasteiger partial charge in [-0.1, -0.05) is 6.07 Å². The number of hydrogen-bond acceptors (Lipinski definition) is 4. The number of carbonyl (C=O) groups is 3. The van der Waals surface area contributed by atoms with Crippen molar-refractivity contribution in [2.45, 2.75) is 40.5 Å². The summed E-state index contributed by atoms with van der Waals surface area (Å²) in [5, 5.41) is 3.88. The Morgan fingerprint density at radius 1 is 0.889 bits per heavy atom. The first-order valence-electron chi connectivity index (χ1n) is 9.31. The maximum atomic E-state index is 13.1. The molecule has 0 aromatic heterocycles. The number of amides is 3. The molecule has 1 aromatic carbocycles. The zero-order valence-electron chi connectivity index (χ0n) is 16.4. The fourth-order valence-electron chi connectivity index (χ4n) is 3.62. The van der Waals surface area contributed by atoms with Crippen LogP contribution in [-0.2, 0) is 9.59 Å². The molecule has 1 aromatic rings. The quantitative estimate of drug-likeness (QED) is 0.856. The minimum atomic E-state index is -0.166. The maximum absolute atomic E-state index is 13.1. The van der Waals surface area contributed by atoms with Gasteiger partial charge < -0.3 is 9.80 Å². The molecule has 0 aliphatic carbocycles. The first-order chi connectivity index (χ1) is 12.8. The zero-order chi connectivity index (χ0) is 19.7. The first kappa shape index (κ1) is 19.1. The Kier molecular flexibility index (Phi) is 5.30. The largest absolute Gasteiger partial charge is 0.335 e. The summed E-state index contributed by atoms with van der Waals surface area (Å²) in [6.45, 7) is 9.97. The van der Waals surface area contributed by atoms with Gasteiger partial charge in [-0.2, -0.15) is 5.10 Å². The second-order valence-corrected chi connectivity index (χ2v) is 7.31. The number of carbonyl (C=O) groups excluding carboxylic acids is 3. The van der Waals surface area contributed by atoms with Crippen LogP contribution >= 0.6 is 0 Å². The second kappa shape index (κ2) is 7.50. The highest BCUT2D eigenvalue weighted by atomic mass is 16.2. The Balaban J connectivity index is 1.69. The Morgan fingerprint density at radius 3 is 1.89 bits per heavy atom. The molecule has 1 fully saturated rings. The van der Waals surface area contributed by atoms with E-state index in [9.17, 15) is 14.4 Å². The molecule has 7 heteroatoms. The van der Waals surface area contributed by atoms with Crippen LogP contribution in [0.2, 0.25) is 0 Å². The van der Waals surface area contributed by atoms with Gasteiger partial charge in [-0.3, -0.25) is 14.4 Å². The molecular formula is C20H26N4O3. The van der Waals surface area contributed by atoms with Crippen molar-refractivity contribution in [3.05, 3.63) is 33.9 Å². The monoisotopic (exact) mass is 370 g/mol. The van der Waals surface area contributed by atoms with Gasteiger partial charge in [0.1, 0.15) is 5.71 Å². The van der Waals surface area contributed by atoms with E-state index in [1.54, 1.807) is 4.90 Å². The number of benzene rings is 1. The summed E-state index contributed by atoms with van der Waals surface area (Å²) < 4.78 is 0. The lowest BCUT2D eigenvalue weighted by Gasteiger charge is -2.35. The summed E-state index contributed by atoms with van der Waals surface area (Å²) in [6, 6.07) is 2.11. The average Bonchev–Trinajstić information content (AvgIpc) is 2.67. The number of nitrogens with zero attached hydrogens (tertiary/aromatic N) is 3. The summed E-state index contributed by atoms with van der Waals surface area (Å²) in [5.41, 5.74) is 7.81. The second-order valence-electron chi connectivity index (χ2n) is 7.31. The molecule has 0 radical (unpaired) electrons. The number of piperazine rings is 1. The van der Waals surface area contributed by atoms with Gasteiger partial charge in [0.15, 0.2) is 0 Å². The highest BCUT2D eigenvalue weighted by Crippen LogP contribution is 2.23. The predicted octanol–water partition coefficient (Wildman–Crippen LogP) is 1.47. The van der Waals surface area contributed by atoms with Crippen molar-refractivity contribution in [3.8, 4) is 0 Å². The first-order valence-corrected chi connectivity index (χ1v) is 9.31. The third-order valence-corrected chi connectivity index (χ3v) is 5.59. The van der Waals surface area contributed by atoms with Crippen LogP contribution in [-0.4, -0.2) is 59.4 Å². The Morgan fingerprint density at radius 2 is 1.41 bits per heavy atom. The molecule has 0 bridgehead atoms. The lowest BCUT2D eigenvalue weighted by Crippen LogP contribution is -2.53. The molecule has 2 aliphatic rings. The maximum Gasteiger partial charge on any atom is 0.270 e. The summed E-state index contributed by atoms with van der Waals surface area (Å²) in [5.74, 6) is -0.284. The Labute approximate surface area is 159 Å². The van der Waals surface area contributed by atoms with Gasteiger partial charge >= 0.3 is 0 Å². The van der Waals surface area contributed by atoms with Gasteiger partial charge in [0.25, 0.3) is 11.8 Å². The van der Waals surface area contributed by atoms with Crippen molar-refractivity contribution >= 4 is 23.4 Å². The molecule has 1 saturated heterocycles. The van der Waals surface area contributed by atoms with E-state index >= 15 is 0 Å². The van der Waals surface area contributed by atoms with Crippen LogP contribution in [0.3, 0.4) is 0 Å². The number of hydrazone groups is 1. The van der Waals surface area contributed by atoms with E-state index in [0.717, 1.165) is 27.8 Å². The van der Waals surface area contributed by atoms with Gasteiger partial charge in [-0.05, 0) is 49.9 Å². The van der Waals surface area contributed by atoms with Crippen LogP contribution in [0.5, 0.6) is 0 Å². The third-order valence-electron chi connectivity index (χ3n) is 5.59. The van der Waals surface area contributed by atoms with Crippen LogP contribution in [0.25, 0.3) is 0 Å². The molecule has 7 nitrogen and oxygen atoms in total. The van der Waals surface area contributed by atoms with Crippen LogP contribution in [0.1, 0.15) is 45.5 Å². The highest BCUT2D eigenvalue weighted by molar-refractivity contribution is 6.39. The van der Waals surface area contributed by atoms with E-state index < -0.39 is 0 Å². The van der Waals surface area contributed by atoms with E-state index in [2.05, 4.69) is 16.6 Å². The summed E-state index contributed by atoms with van der Waals surface area (Å²) in [4.78, 5) is 40.4. The lowest BCUT2D eigenvalue weighted by molar-refractivity contribution is -0.126. The number of hydrogen-bond donors (Lipinski definition) is 1. The van der Waals surface area contributed by atoms with Gasteiger partial charge in [-0.25, -0.2) is 5.43 Å². The van der Waals surface area contributed by atoms with Gasteiger partial charge in [0, 0.05) is 44.6 Å². The molecule has 0 spiro atoms. The average molecular weight is 370 g/mol. The number of aryl methyl sites for hydroxylation is 2. The lowest BCUT2D eigenvalue weighted by atomic mass is 9.93. The molecule has 3 amide bonds. The Hall–Kier alpha value is -2.70. The SMILES string of the molecule is Cc1cc(C)c(C)c(C(=O)N2CCN(C(=O)C3=NNC(=O)CC3)CC2)c1C. The van der Waals surface area contributed by atoms with Crippen LogP contribution in [0.4, 0.5) is 0 Å². The van der Waals surface area contributed by atoms with Crippen molar-refractivity contribution in [1.82, 2.24) is 15.2 Å². The summed E-state index contributed by atoms with van der Waals surface area (Å²) in [7, 11) is 0. The number of nitrogens with one attached hydrogen (secondary N) is 1. The highest BCUT2D eigenvalue weighted by Gasteiger charge is 2.30. The third kappa shape index (κ3) is 3.72. The van der Waals surface area contributed by atoms with Crippen molar-refractivity contribution in [2.24, 2.45) is 5.10 Å². The molecule has 2 heterocycles. The molecule has 0 saturated carbocycles. The molecule has 2 aliphatic heterocycles.